The molecule has 1 aliphatic heterocycles. The molecule has 0 N–H and O–H groups in total. The molecule has 98 valence electrons. The van der Waals surface area contributed by atoms with E-state index in [1.54, 1.807) is 11.1 Å². The van der Waals surface area contributed by atoms with Gasteiger partial charge in [-0.05, 0) is 37.5 Å². The lowest BCUT2D eigenvalue weighted by molar-refractivity contribution is -0.0464. The molecule has 0 atom stereocenters. The molecule has 2 rings (SSSR count). The number of ether oxygens (including phenoxy) is 2. The van der Waals surface area contributed by atoms with Gasteiger partial charge in [-0.25, -0.2) is 0 Å². The first-order chi connectivity index (χ1) is 8.11. The van der Waals surface area contributed by atoms with Crippen LogP contribution in [0, 0.1) is 5.41 Å². The summed E-state index contributed by atoms with van der Waals surface area (Å²) in [4.78, 5) is 0. The van der Waals surface area contributed by atoms with Crippen LogP contribution >= 0.6 is 0 Å². The van der Waals surface area contributed by atoms with Crippen LogP contribution in [0.15, 0.2) is 11.1 Å². The molecule has 0 saturated carbocycles. The third kappa shape index (κ3) is 3.56. The SMILES string of the molecule is CCC1=C(CCC2OCCO2)CCC(C)(C)C1. The van der Waals surface area contributed by atoms with Gasteiger partial charge in [0.25, 0.3) is 0 Å². The topological polar surface area (TPSA) is 18.5 Å². The van der Waals surface area contributed by atoms with E-state index >= 15 is 0 Å². The number of hydrogen-bond donors (Lipinski definition) is 0. The Balaban J connectivity index is 1.91. The van der Waals surface area contributed by atoms with Gasteiger partial charge in [-0.15, -0.1) is 0 Å². The predicted octanol–water partition coefficient (Wildman–Crippen LogP) is 4.06. The van der Waals surface area contributed by atoms with Crippen molar-refractivity contribution in [3.63, 3.8) is 0 Å². The predicted molar refractivity (Wildman–Crippen MR) is 69.9 cm³/mol. The molecule has 2 heteroatoms. The third-order valence-corrected chi connectivity index (χ3v) is 4.09. The van der Waals surface area contributed by atoms with Crippen molar-refractivity contribution in [3.05, 3.63) is 11.1 Å². The van der Waals surface area contributed by atoms with Crippen LogP contribution in [0.5, 0.6) is 0 Å². The van der Waals surface area contributed by atoms with Crippen LogP contribution in [0.3, 0.4) is 0 Å². The van der Waals surface area contributed by atoms with Crippen molar-refractivity contribution in [3.8, 4) is 0 Å². The van der Waals surface area contributed by atoms with Gasteiger partial charge in [0, 0.05) is 6.42 Å². The normalized spacial score (nSPS) is 25.6. The molecule has 17 heavy (non-hydrogen) atoms. The lowest BCUT2D eigenvalue weighted by Crippen LogP contribution is -2.19. The highest BCUT2D eigenvalue weighted by atomic mass is 16.7. The van der Waals surface area contributed by atoms with Crippen LogP contribution in [0.2, 0.25) is 0 Å². The molecule has 0 aromatic carbocycles. The Hall–Kier alpha value is -0.340. The molecule has 0 unspecified atom stereocenters. The molecular weight excluding hydrogens is 212 g/mol. The standard InChI is InChI=1S/C15H26O2/c1-4-12-11-15(2,3)8-7-13(12)5-6-14-16-9-10-17-14/h14H,4-11H2,1-3H3. The fourth-order valence-corrected chi connectivity index (χ4v) is 3.00. The number of hydrogen-bond acceptors (Lipinski definition) is 2. The van der Waals surface area contributed by atoms with Crippen molar-refractivity contribution in [2.75, 3.05) is 13.2 Å². The Bertz CT molecular complexity index is 285. The second-order valence-corrected chi connectivity index (χ2v) is 6.11. The first kappa shape index (κ1) is 13.1. The Morgan fingerprint density at radius 1 is 1.18 bits per heavy atom. The van der Waals surface area contributed by atoms with Crippen molar-refractivity contribution >= 4 is 0 Å². The Morgan fingerprint density at radius 2 is 1.88 bits per heavy atom. The fourth-order valence-electron chi connectivity index (χ4n) is 3.00. The zero-order valence-corrected chi connectivity index (χ0v) is 11.6. The second-order valence-electron chi connectivity index (χ2n) is 6.11. The van der Waals surface area contributed by atoms with E-state index in [1.807, 2.05) is 0 Å². The summed E-state index contributed by atoms with van der Waals surface area (Å²) in [7, 11) is 0. The highest BCUT2D eigenvalue weighted by molar-refractivity contribution is 5.19. The van der Waals surface area contributed by atoms with E-state index in [2.05, 4.69) is 20.8 Å². The van der Waals surface area contributed by atoms with Crippen LogP contribution in [0.25, 0.3) is 0 Å². The Kier molecular flexibility index (Phi) is 4.26. The van der Waals surface area contributed by atoms with Crippen molar-refractivity contribution in [1.82, 2.24) is 0 Å². The van der Waals surface area contributed by atoms with E-state index in [0.717, 1.165) is 19.6 Å². The monoisotopic (exact) mass is 238 g/mol. The summed E-state index contributed by atoms with van der Waals surface area (Å²) in [5.74, 6) is 0. The first-order valence-corrected chi connectivity index (χ1v) is 7.04. The van der Waals surface area contributed by atoms with Crippen LogP contribution in [-0.4, -0.2) is 19.5 Å². The molecule has 2 aliphatic rings. The maximum atomic E-state index is 5.51. The molecule has 1 fully saturated rings. The van der Waals surface area contributed by atoms with E-state index < -0.39 is 0 Å². The minimum absolute atomic E-state index is 0.0653. The summed E-state index contributed by atoms with van der Waals surface area (Å²) in [6.07, 6.45) is 7.39. The van der Waals surface area contributed by atoms with Gasteiger partial charge in [0.1, 0.15) is 0 Å². The van der Waals surface area contributed by atoms with Crippen LogP contribution < -0.4 is 0 Å². The summed E-state index contributed by atoms with van der Waals surface area (Å²) < 4.78 is 11.0. The average molecular weight is 238 g/mol. The zero-order chi connectivity index (χ0) is 12.3. The van der Waals surface area contributed by atoms with Crippen LogP contribution in [0.1, 0.15) is 59.3 Å². The molecule has 0 spiro atoms. The van der Waals surface area contributed by atoms with E-state index in [9.17, 15) is 0 Å². The van der Waals surface area contributed by atoms with Crippen molar-refractivity contribution < 1.29 is 9.47 Å². The number of allylic oxidation sites excluding steroid dienone is 2. The molecule has 0 radical (unpaired) electrons. The van der Waals surface area contributed by atoms with Gasteiger partial charge in [0.05, 0.1) is 13.2 Å². The van der Waals surface area contributed by atoms with Gasteiger partial charge in [-0.1, -0.05) is 31.9 Å². The van der Waals surface area contributed by atoms with E-state index in [1.165, 1.54) is 32.1 Å². The quantitative estimate of drug-likeness (QED) is 0.688. The lowest BCUT2D eigenvalue weighted by atomic mass is 9.73. The average Bonchev–Trinajstić information content (AvgIpc) is 2.79. The zero-order valence-electron chi connectivity index (χ0n) is 11.6. The van der Waals surface area contributed by atoms with Gasteiger partial charge in [-0.2, -0.15) is 0 Å². The van der Waals surface area contributed by atoms with Crippen molar-refractivity contribution in [1.29, 1.82) is 0 Å². The summed E-state index contributed by atoms with van der Waals surface area (Å²) in [6, 6.07) is 0. The highest BCUT2D eigenvalue weighted by Crippen LogP contribution is 2.41. The smallest absolute Gasteiger partial charge is 0.158 e. The molecular formula is C15H26O2. The minimum atomic E-state index is 0.0653. The van der Waals surface area contributed by atoms with Gasteiger partial charge in [0.15, 0.2) is 6.29 Å². The van der Waals surface area contributed by atoms with Gasteiger partial charge >= 0.3 is 0 Å². The molecule has 1 aliphatic carbocycles. The number of rotatable bonds is 4. The maximum Gasteiger partial charge on any atom is 0.158 e. The summed E-state index contributed by atoms with van der Waals surface area (Å²) in [6.45, 7) is 8.62. The van der Waals surface area contributed by atoms with Crippen molar-refractivity contribution in [2.24, 2.45) is 5.41 Å². The lowest BCUT2D eigenvalue weighted by Gasteiger charge is -2.33. The van der Waals surface area contributed by atoms with E-state index in [4.69, 9.17) is 9.47 Å². The summed E-state index contributed by atoms with van der Waals surface area (Å²) in [5.41, 5.74) is 3.89. The van der Waals surface area contributed by atoms with Crippen LogP contribution in [-0.2, 0) is 9.47 Å². The molecule has 0 aromatic rings. The minimum Gasteiger partial charge on any atom is -0.350 e. The Labute approximate surface area is 105 Å². The molecule has 2 nitrogen and oxygen atoms in total. The Morgan fingerprint density at radius 3 is 2.53 bits per heavy atom. The van der Waals surface area contributed by atoms with Gasteiger partial charge in [-0.3, -0.25) is 0 Å². The first-order valence-electron chi connectivity index (χ1n) is 7.04. The maximum absolute atomic E-state index is 5.51. The molecule has 0 bridgehead atoms. The van der Waals surface area contributed by atoms with Crippen LogP contribution in [0.4, 0.5) is 0 Å². The fraction of sp³-hybridized carbons (Fsp3) is 0.867. The highest BCUT2D eigenvalue weighted by Gasteiger charge is 2.26. The van der Waals surface area contributed by atoms with Gasteiger partial charge in [0.2, 0.25) is 0 Å². The molecule has 0 amide bonds. The van der Waals surface area contributed by atoms with E-state index in [0.29, 0.717) is 5.41 Å². The molecule has 0 aromatic heterocycles. The van der Waals surface area contributed by atoms with Gasteiger partial charge < -0.3 is 9.47 Å². The molecule has 1 heterocycles. The summed E-state index contributed by atoms with van der Waals surface area (Å²) >= 11 is 0. The van der Waals surface area contributed by atoms with Crippen molar-refractivity contribution in [2.45, 2.75) is 65.6 Å². The van der Waals surface area contributed by atoms with E-state index in [-0.39, 0.29) is 6.29 Å². The molecule has 1 saturated heterocycles. The largest absolute Gasteiger partial charge is 0.350 e. The summed E-state index contributed by atoms with van der Waals surface area (Å²) in [5, 5.41) is 0. The second kappa shape index (κ2) is 5.53. The third-order valence-electron chi connectivity index (χ3n) is 4.09.